The number of halogens is 1. The van der Waals surface area contributed by atoms with E-state index >= 15 is 0 Å². The van der Waals surface area contributed by atoms with Crippen LogP contribution in [0.15, 0.2) is 28.7 Å². The summed E-state index contributed by atoms with van der Waals surface area (Å²) in [5, 5.41) is 12.7. The minimum atomic E-state index is 0.0286. The van der Waals surface area contributed by atoms with E-state index in [4.69, 9.17) is 0 Å². The van der Waals surface area contributed by atoms with Crippen molar-refractivity contribution in [2.75, 3.05) is 13.1 Å². The first-order chi connectivity index (χ1) is 7.81. The van der Waals surface area contributed by atoms with E-state index < -0.39 is 0 Å². The molecule has 1 aliphatic rings. The molecule has 2 atom stereocenters. The molecular weight excluding hydrogens is 264 g/mol. The average molecular weight is 279 g/mol. The molecule has 1 N–H and O–H groups in total. The lowest BCUT2D eigenvalue weighted by Crippen LogP contribution is -2.32. The van der Waals surface area contributed by atoms with Crippen molar-refractivity contribution >= 4 is 15.9 Å². The largest absolute Gasteiger partial charge is 0.316 e. The fourth-order valence-electron chi connectivity index (χ4n) is 2.29. The number of nitrogens with zero attached hydrogens (tertiary/aromatic N) is 1. The van der Waals surface area contributed by atoms with Crippen LogP contribution in [0.4, 0.5) is 0 Å². The minimum Gasteiger partial charge on any atom is -0.316 e. The van der Waals surface area contributed by atoms with E-state index in [-0.39, 0.29) is 5.92 Å². The zero-order valence-corrected chi connectivity index (χ0v) is 10.7. The Labute approximate surface area is 105 Å². The molecule has 2 nitrogen and oxygen atoms in total. The topological polar surface area (TPSA) is 35.8 Å². The van der Waals surface area contributed by atoms with Crippen LogP contribution in [0.5, 0.6) is 0 Å². The molecule has 16 heavy (non-hydrogen) atoms. The molecule has 0 amide bonds. The Morgan fingerprint density at radius 1 is 1.38 bits per heavy atom. The van der Waals surface area contributed by atoms with Gasteiger partial charge in [0, 0.05) is 4.47 Å². The Balaban J connectivity index is 2.15. The first-order valence-electron chi connectivity index (χ1n) is 5.67. The fraction of sp³-hybridized carbons (Fsp3) is 0.462. The van der Waals surface area contributed by atoms with Gasteiger partial charge in [0.05, 0.1) is 12.0 Å². The van der Waals surface area contributed by atoms with Crippen LogP contribution < -0.4 is 5.32 Å². The highest BCUT2D eigenvalue weighted by atomic mass is 79.9. The Hall–Kier alpha value is -0.850. The second-order valence-corrected chi connectivity index (χ2v) is 5.18. The van der Waals surface area contributed by atoms with Crippen LogP contribution in [-0.4, -0.2) is 13.1 Å². The third-order valence-electron chi connectivity index (χ3n) is 3.17. The van der Waals surface area contributed by atoms with Gasteiger partial charge in [0.1, 0.15) is 0 Å². The van der Waals surface area contributed by atoms with Gasteiger partial charge in [0.25, 0.3) is 0 Å². The third-order valence-corrected chi connectivity index (χ3v) is 3.70. The first kappa shape index (κ1) is 11.6. The molecule has 0 saturated carbocycles. The number of hydrogen-bond acceptors (Lipinski definition) is 2. The zero-order chi connectivity index (χ0) is 11.4. The summed E-state index contributed by atoms with van der Waals surface area (Å²) in [7, 11) is 0. The maximum Gasteiger partial charge on any atom is 0.0753 e. The molecule has 1 aromatic carbocycles. The van der Waals surface area contributed by atoms with Gasteiger partial charge in [-0.2, -0.15) is 5.26 Å². The Morgan fingerprint density at radius 2 is 2.12 bits per heavy atom. The van der Waals surface area contributed by atoms with Crippen molar-refractivity contribution in [2.45, 2.75) is 18.8 Å². The highest BCUT2D eigenvalue weighted by Crippen LogP contribution is 2.29. The Kier molecular flexibility index (Phi) is 3.98. The van der Waals surface area contributed by atoms with Gasteiger partial charge in [-0.25, -0.2) is 0 Å². The fourth-order valence-corrected chi connectivity index (χ4v) is 2.55. The monoisotopic (exact) mass is 278 g/mol. The predicted octanol–water partition coefficient (Wildman–Crippen LogP) is 3.06. The summed E-state index contributed by atoms with van der Waals surface area (Å²) < 4.78 is 1.06. The predicted molar refractivity (Wildman–Crippen MR) is 68.1 cm³/mol. The van der Waals surface area contributed by atoms with Crippen molar-refractivity contribution < 1.29 is 0 Å². The molecule has 2 rings (SSSR count). The van der Waals surface area contributed by atoms with Crippen molar-refractivity contribution in [1.29, 1.82) is 5.26 Å². The molecule has 1 fully saturated rings. The lowest BCUT2D eigenvalue weighted by atomic mass is 9.82. The van der Waals surface area contributed by atoms with Crippen molar-refractivity contribution in [1.82, 2.24) is 5.32 Å². The standard InChI is InChI=1S/C13H15BrN2/c14-12-5-3-10(4-6-12)13(8-15)11-2-1-7-16-9-11/h3-6,11,13,16H,1-2,7,9H2. The summed E-state index contributed by atoms with van der Waals surface area (Å²) in [5.74, 6) is 0.487. The van der Waals surface area contributed by atoms with Gasteiger partial charge in [-0.15, -0.1) is 0 Å². The second-order valence-electron chi connectivity index (χ2n) is 4.26. The van der Waals surface area contributed by atoms with Crippen LogP contribution in [0, 0.1) is 17.2 Å². The molecule has 0 aromatic heterocycles. The molecule has 1 heterocycles. The molecule has 0 radical (unpaired) electrons. The number of rotatable bonds is 2. The maximum atomic E-state index is 9.31. The van der Waals surface area contributed by atoms with E-state index in [1.165, 1.54) is 6.42 Å². The van der Waals surface area contributed by atoms with Gasteiger partial charge in [-0.1, -0.05) is 28.1 Å². The zero-order valence-electron chi connectivity index (χ0n) is 9.12. The molecule has 0 aliphatic carbocycles. The van der Waals surface area contributed by atoms with E-state index in [0.717, 1.165) is 29.5 Å². The molecule has 1 aliphatic heterocycles. The highest BCUT2D eigenvalue weighted by Gasteiger charge is 2.24. The number of piperidine rings is 1. The summed E-state index contributed by atoms with van der Waals surface area (Å²) >= 11 is 3.42. The van der Waals surface area contributed by atoms with Crippen LogP contribution in [0.1, 0.15) is 24.3 Å². The molecule has 1 saturated heterocycles. The molecular formula is C13H15BrN2. The van der Waals surface area contributed by atoms with E-state index in [0.29, 0.717) is 5.92 Å². The molecule has 3 heteroatoms. The number of nitrogens with one attached hydrogen (secondary N) is 1. The van der Waals surface area contributed by atoms with Crippen LogP contribution in [-0.2, 0) is 0 Å². The van der Waals surface area contributed by atoms with Crippen molar-refractivity contribution in [2.24, 2.45) is 5.92 Å². The van der Waals surface area contributed by atoms with E-state index in [1.807, 2.05) is 24.3 Å². The third kappa shape index (κ3) is 2.63. The normalized spacial score (nSPS) is 22.4. The maximum absolute atomic E-state index is 9.31. The summed E-state index contributed by atoms with van der Waals surface area (Å²) in [6.45, 7) is 2.06. The minimum absolute atomic E-state index is 0.0286. The Bertz CT molecular complexity index is 374. The van der Waals surface area contributed by atoms with E-state index in [1.54, 1.807) is 0 Å². The van der Waals surface area contributed by atoms with Gasteiger partial charge in [-0.3, -0.25) is 0 Å². The van der Waals surface area contributed by atoms with Crippen molar-refractivity contribution in [3.05, 3.63) is 34.3 Å². The highest BCUT2D eigenvalue weighted by molar-refractivity contribution is 9.10. The van der Waals surface area contributed by atoms with Gasteiger partial charge in [-0.05, 0) is 49.5 Å². The molecule has 2 unspecified atom stereocenters. The molecule has 1 aromatic rings. The number of nitriles is 1. The van der Waals surface area contributed by atoms with E-state index in [9.17, 15) is 5.26 Å². The molecule has 0 spiro atoms. The van der Waals surface area contributed by atoms with Gasteiger partial charge >= 0.3 is 0 Å². The summed E-state index contributed by atoms with van der Waals surface area (Å²) in [5.41, 5.74) is 1.14. The summed E-state index contributed by atoms with van der Waals surface area (Å²) in [6, 6.07) is 10.6. The summed E-state index contributed by atoms with van der Waals surface area (Å²) in [4.78, 5) is 0. The Morgan fingerprint density at radius 3 is 2.69 bits per heavy atom. The SMILES string of the molecule is N#CC(c1ccc(Br)cc1)C1CCCNC1. The molecule has 0 bridgehead atoms. The number of benzene rings is 1. The van der Waals surface area contributed by atoms with Gasteiger partial charge in [0.15, 0.2) is 0 Å². The second kappa shape index (κ2) is 5.47. The number of hydrogen-bond donors (Lipinski definition) is 1. The smallest absolute Gasteiger partial charge is 0.0753 e. The van der Waals surface area contributed by atoms with Crippen molar-refractivity contribution in [3.8, 4) is 6.07 Å². The first-order valence-corrected chi connectivity index (χ1v) is 6.46. The van der Waals surface area contributed by atoms with Gasteiger partial charge < -0.3 is 5.32 Å². The summed E-state index contributed by atoms with van der Waals surface area (Å²) in [6.07, 6.45) is 2.33. The van der Waals surface area contributed by atoms with Crippen LogP contribution in [0.3, 0.4) is 0 Å². The quantitative estimate of drug-likeness (QED) is 0.903. The van der Waals surface area contributed by atoms with Gasteiger partial charge in [0.2, 0.25) is 0 Å². The lowest BCUT2D eigenvalue weighted by molar-refractivity contribution is 0.354. The van der Waals surface area contributed by atoms with Crippen LogP contribution in [0.2, 0.25) is 0 Å². The lowest BCUT2D eigenvalue weighted by Gasteiger charge is -2.26. The van der Waals surface area contributed by atoms with Crippen LogP contribution >= 0.6 is 15.9 Å². The van der Waals surface area contributed by atoms with Crippen molar-refractivity contribution in [3.63, 3.8) is 0 Å². The van der Waals surface area contributed by atoms with Crippen LogP contribution in [0.25, 0.3) is 0 Å². The molecule has 84 valence electrons. The van der Waals surface area contributed by atoms with E-state index in [2.05, 4.69) is 27.3 Å². The average Bonchev–Trinajstić information content (AvgIpc) is 2.34.